The number of rotatable bonds is 2. The number of carbonyl (C=O) groups is 2. The van der Waals surface area contributed by atoms with E-state index >= 15 is 0 Å². The van der Waals surface area contributed by atoms with Gasteiger partial charge in [-0.3, -0.25) is 0 Å². The van der Waals surface area contributed by atoms with Gasteiger partial charge in [0.15, 0.2) is 5.60 Å². The third-order valence-corrected chi connectivity index (χ3v) is 6.36. The topological polar surface area (TPSA) is 77.7 Å². The van der Waals surface area contributed by atoms with Crippen molar-refractivity contribution in [2.75, 3.05) is 0 Å². The quantitative estimate of drug-likeness (QED) is 0.325. The number of ether oxygens (including phenoxy) is 4. The van der Waals surface area contributed by atoms with Crippen LogP contribution in [0.4, 0.5) is 0 Å². The van der Waals surface area contributed by atoms with Gasteiger partial charge in [0.05, 0.1) is 23.7 Å². The van der Waals surface area contributed by atoms with E-state index in [1.54, 1.807) is 6.92 Å². The summed E-state index contributed by atoms with van der Waals surface area (Å²) in [6.07, 6.45) is 3.24. The highest BCUT2D eigenvalue weighted by atomic mass is 16.7. The summed E-state index contributed by atoms with van der Waals surface area (Å²) in [5.41, 5.74) is 0.230. The van der Waals surface area contributed by atoms with Crippen LogP contribution in [0.5, 0.6) is 0 Å². The summed E-state index contributed by atoms with van der Waals surface area (Å²) in [6.45, 7) is 11.5. The van der Waals surface area contributed by atoms with E-state index in [-0.39, 0.29) is 17.8 Å². The maximum Gasteiger partial charge on any atom is 0.341 e. The molecule has 3 fully saturated rings. The molecule has 0 unspecified atom stereocenters. The summed E-state index contributed by atoms with van der Waals surface area (Å²) in [5.74, 6) is -1.23. The molecule has 1 aliphatic carbocycles. The number of epoxide rings is 2. The average molecular weight is 362 g/mol. The molecular weight excluding hydrogens is 336 g/mol. The van der Waals surface area contributed by atoms with E-state index in [2.05, 4.69) is 6.58 Å². The molecule has 26 heavy (non-hydrogen) atoms. The first-order valence-electron chi connectivity index (χ1n) is 9.28. The van der Waals surface area contributed by atoms with E-state index in [4.69, 9.17) is 18.9 Å². The lowest BCUT2D eigenvalue weighted by atomic mass is 9.82. The molecule has 0 amide bonds. The Morgan fingerprint density at radius 1 is 1.35 bits per heavy atom. The van der Waals surface area contributed by atoms with E-state index in [0.29, 0.717) is 12.0 Å². The fourth-order valence-electron chi connectivity index (χ4n) is 4.18. The van der Waals surface area contributed by atoms with Crippen molar-refractivity contribution in [1.82, 2.24) is 0 Å². The van der Waals surface area contributed by atoms with Crippen molar-refractivity contribution in [2.45, 2.75) is 82.6 Å². The third kappa shape index (κ3) is 2.79. The Morgan fingerprint density at radius 2 is 2.04 bits per heavy atom. The highest BCUT2D eigenvalue weighted by molar-refractivity contribution is 5.91. The van der Waals surface area contributed by atoms with Crippen molar-refractivity contribution >= 4 is 11.9 Å². The molecule has 3 heterocycles. The molecule has 0 bridgehead atoms. The molecule has 3 aliphatic heterocycles. The predicted octanol–water partition coefficient (Wildman–Crippen LogP) is 2.46. The Kier molecular flexibility index (Phi) is 3.87. The smallest absolute Gasteiger partial charge is 0.341 e. The van der Waals surface area contributed by atoms with Gasteiger partial charge in [-0.2, -0.15) is 0 Å². The molecule has 0 spiro atoms. The van der Waals surface area contributed by atoms with Gasteiger partial charge in [0.2, 0.25) is 0 Å². The molecular formula is C20H26O6. The number of carbonyl (C=O) groups excluding carboxylic acids is 2. The molecule has 0 aromatic carbocycles. The predicted molar refractivity (Wildman–Crippen MR) is 92.2 cm³/mol. The van der Waals surface area contributed by atoms with Crippen LogP contribution in [-0.2, 0) is 28.5 Å². The Morgan fingerprint density at radius 3 is 2.69 bits per heavy atom. The Labute approximate surface area is 153 Å². The molecule has 6 heteroatoms. The van der Waals surface area contributed by atoms with Gasteiger partial charge in [-0.05, 0) is 46.6 Å². The van der Waals surface area contributed by atoms with Crippen LogP contribution >= 0.6 is 0 Å². The Bertz CT molecular complexity index is 711. The van der Waals surface area contributed by atoms with E-state index in [9.17, 15) is 9.59 Å². The molecule has 0 aromatic rings. The van der Waals surface area contributed by atoms with Crippen molar-refractivity contribution in [3.8, 4) is 0 Å². The van der Waals surface area contributed by atoms with Crippen molar-refractivity contribution < 1.29 is 28.5 Å². The van der Waals surface area contributed by atoms with E-state index in [1.165, 1.54) is 0 Å². The summed E-state index contributed by atoms with van der Waals surface area (Å²) in [5, 5.41) is 0. The SMILES string of the molecule is C=C1C(=O)O[C@@H]2/C=C(/C)CC[C@H]3O[C@]3(C)C[C@@H](OC(=O)[C@]3(C)O[C@H]3C)[C@@H]12. The minimum Gasteiger partial charge on any atom is -0.459 e. The maximum absolute atomic E-state index is 12.7. The minimum atomic E-state index is -0.911. The molecule has 0 radical (unpaired) electrons. The molecule has 4 rings (SSSR count). The van der Waals surface area contributed by atoms with Gasteiger partial charge < -0.3 is 18.9 Å². The number of hydrogen-bond acceptors (Lipinski definition) is 6. The number of esters is 2. The van der Waals surface area contributed by atoms with Gasteiger partial charge in [-0.1, -0.05) is 12.2 Å². The van der Waals surface area contributed by atoms with Gasteiger partial charge in [0.25, 0.3) is 0 Å². The van der Waals surface area contributed by atoms with Crippen LogP contribution in [0.3, 0.4) is 0 Å². The second kappa shape index (κ2) is 5.67. The zero-order chi connectivity index (χ0) is 18.9. The van der Waals surface area contributed by atoms with Crippen molar-refractivity contribution in [3.05, 3.63) is 23.8 Å². The standard InChI is InChI=1S/C20H26O6/c1-10-6-7-15-19(4,26-15)9-14(24-18(22)20(5)12(3)25-20)16-11(2)17(21)23-13(16)8-10/h8,12-16H,2,6-7,9H2,1,3-5H3/b10-8-/t12-,13+,14+,15+,16-,19+,20+/m0/s1. The number of fused-ring (bicyclic) bond motifs is 2. The van der Waals surface area contributed by atoms with Crippen molar-refractivity contribution in [3.63, 3.8) is 0 Å². The first-order valence-corrected chi connectivity index (χ1v) is 9.28. The van der Waals surface area contributed by atoms with Crippen LogP contribution in [0.15, 0.2) is 23.8 Å². The molecule has 142 valence electrons. The molecule has 0 saturated carbocycles. The largest absolute Gasteiger partial charge is 0.459 e. The zero-order valence-corrected chi connectivity index (χ0v) is 15.7. The molecule has 0 aromatic heterocycles. The molecule has 3 saturated heterocycles. The van der Waals surface area contributed by atoms with Gasteiger partial charge in [0, 0.05) is 12.0 Å². The normalized spacial score (nSPS) is 49.2. The fraction of sp³-hybridized carbons (Fsp3) is 0.700. The average Bonchev–Trinajstić information content (AvgIpc) is 3.36. The first-order chi connectivity index (χ1) is 12.1. The molecule has 4 aliphatic rings. The second-order valence-corrected chi connectivity index (χ2v) is 8.41. The monoisotopic (exact) mass is 362 g/mol. The third-order valence-electron chi connectivity index (χ3n) is 6.36. The molecule has 7 atom stereocenters. The summed E-state index contributed by atoms with van der Waals surface area (Å²) < 4.78 is 22.7. The highest BCUT2D eigenvalue weighted by Crippen LogP contribution is 2.48. The summed E-state index contributed by atoms with van der Waals surface area (Å²) in [7, 11) is 0. The van der Waals surface area contributed by atoms with Gasteiger partial charge in [0.1, 0.15) is 12.2 Å². The zero-order valence-electron chi connectivity index (χ0n) is 15.7. The molecule has 6 nitrogen and oxygen atoms in total. The van der Waals surface area contributed by atoms with E-state index in [1.807, 2.05) is 26.8 Å². The maximum atomic E-state index is 12.7. The lowest BCUT2D eigenvalue weighted by Gasteiger charge is -2.29. The lowest BCUT2D eigenvalue weighted by molar-refractivity contribution is -0.159. The summed E-state index contributed by atoms with van der Waals surface area (Å²) in [6, 6.07) is 0. The van der Waals surface area contributed by atoms with Crippen LogP contribution in [-0.4, -0.2) is 47.6 Å². The number of hydrogen-bond donors (Lipinski definition) is 0. The first kappa shape index (κ1) is 17.7. The van der Waals surface area contributed by atoms with Gasteiger partial charge >= 0.3 is 11.9 Å². The summed E-state index contributed by atoms with van der Waals surface area (Å²) >= 11 is 0. The van der Waals surface area contributed by atoms with Crippen LogP contribution < -0.4 is 0 Å². The van der Waals surface area contributed by atoms with Crippen molar-refractivity contribution in [1.29, 1.82) is 0 Å². The van der Waals surface area contributed by atoms with E-state index in [0.717, 1.165) is 18.4 Å². The summed E-state index contributed by atoms with van der Waals surface area (Å²) in [4.78, 5) is 24.8. The minimum absolute atomic E-state index is 0.140. The Hall–Kier alpha value is -1.66. The van der Waals surface area contributed by atoms with Crippen LogP contribution in [0.25, 0.3) is 0 Å². The molecule has 0 N–H and O–H groups in total. The number of allylic oxidation sites excluding steroid dienone is 1. The van der Waals surface area contributed by atoms with Crippen LogP contribution in [0.1, 0.15) is 47.0 Å². The second-order valence-electron chi connectivity index (χ2n) is 8.41. The van der Waals surface area contributed by atoms with E-state index < -0.39 is 35.7 Å². The highest BCUT2D eigenvalue weighted by Gasteiger charge is 2.60. The Balaban J connectivity index is 1.65. The van der Waals surface area contributed by atoms with Gasteiger partial charge in [-0.15, -0.1) is 0 Å². The fourth-order valence-corrected chi connectivity index (χ4v) is 4.18. The van der Waals surface area contributed by atoms with Crippen molar-refractivity contribution in [2.24, 2.45) is 5.92 Å². The van der Waals surface area contributed by atoms with Crippen LogP contribution in [0, 0.1) is 5.92 Å². The van der Waals surface area contributed by atoms with Crippen LogP contribution in [0.2, 0.25) is 0 Å². The lowest BCUT2D eigenvalue weighted by Crippen LogP contribution is -2.40. The van der Waals surface area contributed by atoms with Gasteiger partial charge in [-0.25, -0.2) is 9.59 Å².